The van der Waals surface area contributed by atoms with Crippen LogP contribution in [0.5, 0.6) is 0 Å². The summed E-state index contributed by atoms with van der Waals surface area (Å²) in [5, 5.41) is 22.1. The highest BCUT2D eigenvalue weighted by molar-refractivity contribution is 5.18. The van der Waals surface area contributed by atoms with Crippen molar-refractivity contribution in [1.29, 1.82) is 0 Å². The smallest absolute Gasteiger partial charge is 0.0753 e. The summed E-state index contributed by atoms with van der Waals surface area (Å²) in [6.45, 7) is 15.6. The molecule has 0 bridgehead atoms. The van der Waals surface area contributed by atoms with Crippen LogP contribution in [0.3, 0.4) is 0 Å². The van der Waals surface area contributed by atoms with Gasteiger partial charge in [-0.05, 0) is 113 Å². The molecule has 0 aromatic rings. The molecule has 2 N–H and O–H groups in total. The molecule has 3 fully saturated rings. The Morgan fingerprint density at radius 3 is 2.59 bits per heavy atom. The van der Waals surface area contributed by atoms with E-state index in [-0.39, 0.29) is 11.3 Å². The van der Waals surface area contributed by atoms with Gasteiger partial charge in [-0.1, -0.05) is 32.1 Å². The lowest BCUT2D eigenvalue weighted by Crippen LogP contribution is -2.43. The van der Waals surface area contributed by atoms with Gasteiger partial charge in [0.25, 0.3) is 0 Å². The number of rotatable bonds is 4. The van der Waals surface area contributed by atoms with E-state index in [0.29, 0.717) is 23.7 Å². The first-order chi connectivity index (χ1) is 12.5. The summed E-state index contributed by atoms with van der Waals surface area (Å²) in [5.74, 6) is 2.47. The molecule has 8 atom stereocenters. The van der Waals surface area contributed by atoms with Crippen LogP contribution in [0, 0.1) is 35.0 Å². The molecule has 3 rings (SSSR count). The van der Waals surface area contributed by atoms with Gasteiger partial charge in [0.1, 0.15) is 0 Å². The number of allylic oxidation sites excluding steroid dienone is 2. The first kappa shape index (κ1) is 21.1. The highest BCUT2D eigenvalue weighted by Gasteiger charge is 2.55. The average Bonchev–Trinajstić information content (AvgIpc) is 3.03. The molecular weight excluding hydrogens is 332 g/mol. The van der Waals surface area contributed by atoms with Crippen LogP contribution < -0.4 is 0 Å². The zero-order chi connectivity index (χ0) is 20.0. The number of hydrogen-bond acceptors (Lipinski definition) is 2. The fourth-order valence-electron chi connectivity index (χ4n) is 6.86. The standard InChI is InChI=1S/C25H42O2/c1-16(2)8-7-9-17(3)19-10-12-24(5)15-22-20(11-13-25(22,6)27)18(4)23(26)14-21(19)24/h8,17,19-23,26-27H,4,7,9-15H2,1-3,5-6H3. The van der Waals surface area contributed by atoms with E-state index in [1.165, 1.54) is 24.8 Å². The maximum atomic E-state index is 11.1. The molecule has 0 aliphatic heterocycles. The van der Waals surface area contributed by atoms with E-state index in [1.54, 1.807) is 0 Å². The number of hydrogen-bond donors (Lipinski definition) is 2. The summed E-state index contributed by atoms with van der Waals surface area (Å²) in [6.07, 6.45) is 10.7. The molecule has 3 saturated carbocycles. The minimum absolute atomic E-state index is 0.244. The molecule has 0 saturated heterocycles. The van der Waals surface area contributed by atoms with Crippen LogP contribution in [0.1, 0.15) is 86.0 Å². The number of fused-ring (bicyclic) bond motifs is 2. The Morgan fingerprint density at radius 2 is 1.93 bits per heavy atom. The van der Waals surface area contributed by atoms with E-state index < -0.39 is 11.7 Å². The van der Waals surface area contributed by atoms with E-state index in [1.807, 2.05) is 6.92 Å². The first-order valence-corrected chi connectivity index (χ1v) is 11.3. The number of aliphatic hydroxyl groups is 2. The van der Waals surface area contributed by atoms with Crippen molar-refractivity contribution >= 4 is 0 Å². The van der Waals surface area contributed by atoms with E-state index in [9.17, 15) is 10.2 Å². The second kappa shape index (κ2) is 7.67. The Hall–Kier alpha value is -0.600. The van der Waals surface area contributed by atoms with Crippen LogP contribution in [0.25, 0.3) is 0 Å². The SMILES string of the molecule is C=C1C(O)CC2C(C(C)CCC=C(C)C)CCC2(C)CC2C1CCC2(C)O. The maximum absolute atomic E-state index is 11.1. The molecule has 3 aliphatic rings. The van der Waals surface area contributed by atoms with E-state index >= 15 is 0 Å². The Balaban J connectivity index is 1.81. The molecule has 154 valence electrons. The fraction of sp³-hybridized carbons (Fsp3) is 0.840. The van der Waals surface area contributed by atoms with Crippen LogP contribution in [0.15, 0.2) is 23.8 Å². The van der Waals surface area contributed by atoms with Gasteiger partial charge in [0.15, 0.2) is 0 Å². The van der Waals surface area contributed by atoms with Gasteiger partial charge in [-0.3, -0.25) is 0 Å². The van der Waals surface area contributed by atoms with Gasteiger partial charge in [0.05, 0.1) is 11.7 Å². The molecule has 0 heterocycles. The average molecular weight is 375 g/mol. The second-order valence-electron chi connectivity index (χ2n) is 10.9. The molecular formula is C25H42O2. The van der Waals surface area contributed by atoms with E-state index in [0.717, 1.165) is 37.7 Å². The summed E-state index contributed by atoms with van der Waals surface area (Å²) in [5.41, 5.74) is 2.05. The molecule has 27 heavy (non-hydrogen) atoms. The van der Waals surface area contributed by atoms with Crippen molar-refractivity contribution in [3.05, 3.63) is 23.8 Å². The molecule has 0 aromatic heterocycles. The van der Waals surface area contributed by atoms with Gasteiger partial charge in [0, 0.05) is 0 Å². The first-order valence-electron chi connectivity index (χ1n) is 11.3. The highest BCUT2D eigenvalue weighted by atomic mass is 16.3. The Bertz CT molecular complexity index is 585. The third-order valence-electron chi connectivity index (χ3n) is 8.68. The van der Waals surface area contributed by atoms with Gasteiger partial charge in [-0.15, -0.1) is 0 Å². The Labute approximate surface area is 167 Å². The quantitative estimate of drug-likeness (QED) is 0.602. The van der Waals surface area contributed by atoms with Crippen molar-refractivity contribution < 1.29 is 10.2 Å². The zero-order valence-electron chi connectivity index (χ0n) is 18.3. The summed E-state index contributed by atoms with van der Waals surface area (Å²) in [7, 11) is 0. The van der Waals surface area contributed by atoms with Gasteiger partial charge in [-0.2, -0.15) is 0 Å². The highest BCUT2D eigenvalue weighted by Crippen LogP contribution is 2.61. The predicted octanol–water partition coefficient (Wildman–Crippen LogP) is 5.89. The van der Waals surface area contributed by atoms with E-state index in [2.05, 4.69) is 40.3 Å². The monoisotopic (exact) mass is 374 g/mol. The van der Waals surface area contributed by atoms with Gasteiger partial charge < -0.3 is 10.2 Å². The molecule has 0 aromatic carbocycles. The number of aliphatic hydroxyl groups excluding tert-OH is 1. The summed E-state index contributed by atoms with van der Waals surface area (Å²) in [4.78, 5) is 0. The summed E-state index contributed by atoms with van der Waals surface area (Å²) in [6, 6.07) is 0. The lowest BCUT2D eigenvalue weighted by atomic mass is 9.61. The van der Waals surface area contributed by atoms with Crippen molar-refractivity contribution in [2.75, 3.05) is 0 Å². The minimum atomic E-state index is -0.606. The third-order valence-corrected chi connectivity index (χ3v) is 8.68. The lowest BCUT2D eigenvalue weighted by molar-refractivity contribution is -0.0327. The van der Waals surface area contributed by atoms with Crippen molar-refractivity contribution in [2.45, 2.75) is 97.7 Å². The van der Waals surface area contributed by atoms with Crippen LogP contribution in [0.4, 0.5) is 0 Å². The summed E-state index contributed by atoms with van der Waals surface area (Å²) >= 11 is 0. The van der Waals surface area contributed by atoms with Crippen LogP contribution >= 0.6 is 0 Å². The van der Waals surface area contributed by atoms with Crippen molar-refractivity contribution in [3.63, 3.8) is 0 Å². The predicted molar refractivity (Wildman–Crippen MR) is 113 cm³/mol. The molecule has 2 heteroatoms. The maximum Gasteiger partial charge on any atom is 0.0753 e. The Morgan fingerprint density at radius 1 is 1.22 bits per heavy atom. The minimum Gasteiger partial charge on any atom is -0.390 e. The molecule has 8 unspecified atom stereocenters. The largest absolute Gasteiger partial charge is 0.390 e. The second-order valence-corrected chi connectivity index (χ2v) is 10.9. The van der Waals surface area contributed by atoms with Crippen LogP contribution in [-0.2, 0) is 0 Å². The molecule has 3 aliphatic carbocycles. The van der Waals surface area contributed by atoms with Crippen molar-refractivity contribution in [2.24, 2.45) is 35.0 Å². The molecule has 2 nitrogen and oxygen atoms in total. The van der Waals surface area contributed by atoms with Crippen LogP contribution in [0.2, 0.25) is 0 Å². The molecule has 0 radical (unpaired) electrons. The summed E-state index contributed by atoms with van der Waals surface area (Å²) < 4.78 is 0. The van der Waals surface area contributed by atoms with Gasteiger partial charge >= 0.3 is 0 Å². The molecule has 0 amide bonds. The van der Waals surface area contributed by atoms with Gasteiger partial charge in [0.2, 0.25) is 0 Å². The zero-order valence-corrected chi connectivity index (χ0v) is 18.3. The Kier molecular flexibility index (Phi) is 6.00. The normalized spacial score (nSPS) is 45.6. The fourth-order valence-corrected chi connectivity index (χ4v) is 6.86. The van der Waals surface area contributed by atoms with Gasteiger partial charge in [-0.25, -0.2) is 0 Å². The van der Waals surface area contributed by atoms with E-state index in [4.69, 9.17) is 0 Å². The van der Waals surface area contributed by atoms with Crippen LogP contribution in [-0.4, -0.2) is 21.9 Å². The topological polar surface area (TPSA) is 40.5 Å². The molecule has 0 spiro atoms. The van der Waals surface area contributed by atoms with Crippen molar-refractivity contribution in [3.8, 4) is 0 Å². The van der Waals surface area contributed by atoms with Crippen molar-refractivity contribution in [1.82, 2.24) is 0 Å². The third kappa shape index (κ3) is 4.08. The lowest BCUT2D eigenvalue weighted by Gasteiger charge is -2.45.